The SMILES string of the molecule is O=C(CN(C(=O)c1ccc(Cl)cc1)N1C(=O)CCC1=O)c1ccc(OC(=O)c2cccs2)cc1. The van der Waals surface area contributed by atoms with Crippen molar-refractivity contribution in [2.45, 2.75) is 12.8 Å². The number of nitrogens with zero attached hydrogens (tertiary/aromatic N) is 2. The van der Waals surface area contributed by atoms with Gasteiger partial charge in [-0.05, 0) is 60.0 Å². The average molecular weight is 497 g/mol. The summed E-state index contributed by atoms with van der Waals surface area (Å²) in [6, 6.07) is 15.1. The van der Waals surface area contributed by atoms with Crippen LogP contribution in [0.3, 0.4) is 0 Å². The lowest BCUT2D eigenvalue weighted by molar-refractivity contribution is -0.152. The quantitative estimate of drug-likeness (QED) is 0.212. The molecular weight excluding hydrogens is 480 g/mol. The number of ketones is 1. The lowest BCUT2D eigenvalue weighted by Crippen LogP contribution is -2.51. The fourth-order valence-electron chi connectivity index (χ4n) is 3.30. The molecule has 0 aliphatic carbocycles. The minimum absolute atomic E-state index is 0.0400. The third-order valence-corrected chi connectivity index (χ3v) is 6.10. The summed E-state index contributed by atoms with van der Waals surface area (Å²) in [7, 11) is 0. The van der Waals surface area contributed by atoms with E-state index in [0.717, 1.165) is 10.0 Å². The number of ether oxygens (including phenoxy) is 1. The van der Waals surface area contributed by atoms with Crippen LogP contribution in [0.25, 0.3) is 0 Å². The highest BCUT2D eigenvalue weighted by molar-refractivity contribution is 7.12. The van der Waals surface area contributed by atoms with E-state index in [2.05, 4.69) is 0 Å². The third-order valence-electron chi connectivity index (χ3n) is 4.99. The lowest BCUT2D eigenvalue weighted by atomic mass is 10.1. The number of rotatable bonds is 7. The van der Waals surface area contributed by atoms with Crippen molar-refractivity contribution in [1.29, 1.82) is 0 Å². The van der Waals surface area contributed by atoms with Gasteiger partial charge in [0.25, 0.3) is 5.91 Å². The van der Waals surface area contributed by atoms with Crippen LogP contribution in [-0.2, 0) is 9.59 Å². The number of amides is 3. The molecule has 4 rings (SSSR count). The zero-order chi connectivity index (χ0) is 24.2. The molecule has 34 heavy (non-hydrogen) atoms. The van der Waals surface area contributed by atoms with Gasteiger partial charge in [-0.25, -0.2) is 9.80 Å². The Bertz CT molecular complexity index is 1240. The molecule has 0 saturated carbocycles. The summed E-state index contributed by atoms with van der Waals surface area (Å²) < 4.78 is 5.28. The van der Waals surface area contributed by atoms with Crippen molar-refractivity contribution in [3.05, 3.63) is 87.1 Å². The van der Waals surface area contributed by atoms with Gasteiger partial charge in [-0.3, -0.25) is 19.2 Å². The van der Waals surface area contributed by atoms with Gasteiger partial charge in [-0.15, -0.1) is 11.3 Å². The number of imide groups is 1. The molecule has 1 aliphatic heterocycles. The number of carbonyl (C=O) groups is 5. The van der Waals surface area contributed by atoms with Gasteiger partial charge in [0, 0.05) is 29.0 Å². The number of hydrazine groups is 1. The number of Topliss-reactive ketones (excluding diaryl/α,β-unsaturated/α-hetero) is 1. The molecule has 2 aromatic carbocycles. The molecule has 172 valence electrons. The van der Waals surface area contributed by atoms with E-state index in [4.69, 9.17) is 16.3 Å². The van der Waals surface area contributed by atoms with Crippen LogP contribution in [0.5, 0.6) is 5.75 Å². The van der Waals surface area contributed by atoms with Crippen LogP contribution in [0, 0.1) is 0 Å². The smallest absolute Gasteiger partial charge is 0.353 e. The number of esters is 1. The first kappa shape index (κ1) is 23.3. The van der Waals surface area contributed by atoms with E-state index in [0.29, 0.717) is 9.90 Å². The minimum atomic E-state index is -0.685. The Hall–Kier alpha value is -3.82. The molecule has 1 saturated heterocycles. The van der Waals surface area contributed by atoms with E-state index >= 15 is 0 Å². The highest BCUT2D eigenvalue weighted by Crippen LogP contribution is 2.21. The number of carbonyl (C=O) groups excluding carboxylic acids is 5. The van der Waals surface area contributed by atoms with Crippen molar-refractivity contribution < 1.29 is 28.7 Å². The third kappa shape index (κ3) is 5.05. The Morgan fingerprint density at radius 3 is 2.12 bits per heavy atom. The van der Waals surface area contributed by atoms with E-state index in [9.17, 15) is 24.0 Å². The Labute approximate surface area is 203 Å². The number of benzene rings is 2. The molecule has 3 aromatic rings. The van der Waals surface area contributed by atoms with Gasteiger partial charge in [-0.2, -0.15) is 5.01 Å². The van der Waals surface area contributed by atoms with Crippen molar-refractivity contribution in [3.8, 4) is 5.75 Å². The molecule has 2 heterocycles. The van der Waals surface area contributed by atoms with Gasteiger partial charge in [0.15, 0.2) is 5.78 Å². The normalized spacial score (nSPS) is 13.1. The van der Waals surface area contributed by atoms with Crippen LogP contribution >= 0.6 is 22.9 Å². The maximum Gasteiger partial charge on any atom is 0.353 e. The standard InChI is InChI=1S/C24H17ClN2O6S/c25-17-7-3-16(4-8-17)23(31)26(27-21(29)11-12-22(27)30)14-19(28)15-5-9-18(10-6-15)33-24(32)20-2-1-13-34-20/h1-10,13H,11-12,14H2. The molecule has 8 nitrogen and oxygen atoms in total. The molecule has 1 fully saturated rings. The summed E-state index contributed by atoms with van der Waals surface area (Å²) in [5, 5.41) is 3.75. The zero-order valence-corrected chi connectivity index (χ0v) is 19.2. The molecule has 0 N–H and O–H groups in total. The van der Waals surface area contributed by atoms with Crippen molar-refractivity contribution in [1.82, 2.24) is 10.0 Å². The first-order valence-electron chi connectivity index (χ1n) is 10.2. The molecule has 0 bridgehead atoms. The summed E-state index contributed by atoms with van der Waals surface area (Å²) in [4.78, 5) is 63.2. The van der Waals surface area contributed by atoms with E-state index in [1.165, 1.54) is 59.9 Å². The average Bonchev–Trinajstić information content (AvgIpc) is 3.48. The highest BCUT2D eigenvalue weighted by atomic mass is 35.5. The molecule has 0 unspecified atom stereocenters. The first-order chi connectivity index (χ1) is 16.3. The van der Waals surface area contributed by atoms with Crippen LogP contribution < -0.4 is 4.74 Å². The Morgan fingerprint density at radius 2 is 1.53 bits per heavy atom. The van der Waals surface area contributed by atoms with Gasteiger partial charge in [0.05, 0.1) is 0 Å². The Kier molecular flexibility index (Phi) is 6.85. The second-order valence-corrected chi connectivity index (χ2v) is 8.67. The maximum atomic E-state index is 13.1. The summed E-state index contributed by atoms with van der Waals surface area (Å²) in [6.45, 7) is -0.534. The van der Waals surface area contributed by atoms with Gasteiger partial charge in [0.2, 0.25) is 11.8 Å². The molecule has 10 heteroatoms. The summed E-state index contributed by atoms with van der Waals surface area (Å²) in [6.07, 6.45) is -0.0799. The Morgan fingerprint density at radius 1 is 0.912 bits per heavy atom. The van der Waals surface area contributed by atoms with Crippen LogP contribution in [-0.4, -0.2) is 46.0 Å². The zero-order valence-electron chi connectivity index (χ0n) is 17.6. The van der Waals surface area contributed by atoms with E-state index in [1.54, 1.807) is 17.5 Å². The van der Waals surface area contributed by atoms with Crippen LogP contribution in [0.2, 0.25) is 5.02 Å². The molecule has 0 radical (unpaired) electrons. The van der Waals surface area contributed by atoms with Crippen LogP contribution in [0.4, 0.5) is 0 Å². The highest BCUT2D eigenvalue weighted by Gasteiger charge is 2.38. The number of hydrogen-bond acceptors (Lipinski definition) is 7. The fraction of sp³-hybridized carbons (Fsp3) is 0.125. The first-order valence-corrected chi connectivity index (χ1v) is 11.4. The minimum Gasteiger partial charge on any atom is -0.422 e. The maximum absolute atomic E-state index is 13.1. The number of thiophene rings is 1. The van der Waals surface area contributed by atoms with Crippen LogP contribution in [0.1, 0.15) is 43.2 Å². The van der Waals surface area contributed by atoms with Gasteiger partial charge in [0.1, 0.15) is 17.2 Å². The Balaban J connectivity index is 1.52. The van der Waals surface area contributed by atoms with E-state index in [-0.39, 0.29) is 29.7 Å². The lowest BCUT2D eigenvalue weighted by Gasteiger charge is -2.29. The fourth-order valence-corrected chi connectivity index (χ4v) is 4.02. The predicted molar refractivity (Wildman–Crippen MR) is 124 cm³/mol. The second kappa shape index (κ2) is 9.98. The van der Waals surface area contributed by atoms with Crippen LogP contribution in [0.15, 0.2) is 66.0 Å². The van der Waals surface area contributed by atoms with Crippen molar-refractivity contribution in [2.75, 3.05) is 6.54 Å². The molecule has 0 spiro atoms. The van der Waals surface area contributed by atoms with Crippen molar-refractivity contribution in [2.24, 2.45) is 0 Å². The monoisotopic (exact) mass is 496 g/mol. The molecular formula is C24H17ClN2O6S. The summed E-state index contributed by atoms with van der Waals surface area (Å²) >= 11 is 7.12. The molecule has 1 aromatic heterocycles. The van der Waals surface area contributed by atoms with E-state index < -0.39 is 36.0 Å². The predicted octanol–water partition coefficient (Wildman–Crippen LogP) is 4.01. The number of hydrogen-bond donors (Lipinski definition) is 0. The molecule has 0 atom stereocenters. The summed E-state index contributed by atoms with van der Waals surface area (Å²) in [5.74, 6) is -2.58. The molecule has 3 amide bonds. The second-order valence-electron chi connectivity index (χ2n) is 7.28. The largest absolute Gasteiger partial charge is 0.422 e. The van der Waals surface area contributed by atoms with Gasteiger partial charge < -0.3 is 4.74 Å². The summed E-state index contributed by atoms with van der Waals surface area (Å²) in [5.41, 5.74) is 0.379. The van der Waals surface area contributed by atoms with Crippen molar-refractivity contribution >= 4 is 52.4 Å². The van der Waals surface area contributed by atoms with Gasteiger partial charge in [-0.1, -0.05) is 17.7 Å². The van der Waals surface area contributed by atoms with Gasteiger partial charge >= 0.3 is 5.97 Å². The molecule has 1 aliphatic rings. The number of halogens is 1. The van der Waals surface area contributed by atoms with Crippen molar-refractivity contribution in [3.63, 3.8) is 0 Å². The topological polar surface area (TPSA) is 101 Å². The van der Waals surface area contributed by atoms with E-state index in [1.807, 2.05) is 0 Å².